The Morgan fingerprint density at radius 1 is 1.37 bits per heavy atom. The van der Waals surface area contributed by atoms with Crippen LogP contribution in [-0.2, 0) is 11.3 Å². The Kier molecular flexibility index (Phi) is 3.43. The van der Waals surface area contributed by atoms with Crippen molar-refractivity contribution >= 4 is 28.6 Å². The summed E-state index contributed by atoms with van der Waals surface area (Å²) in [5.41, 5.74) is 1.17. The Morgan fingerprint density at radius 3 is 3.05 bits per heavy atom. The summed E-state index contributed by atoms with van der Waals surface area (Å²) in [7, 11) is 0. The number of carbonyl (C=O) groups excluding carboxylic acids is 1. The molecule has 0 aromatic carbocycles. The lowest BCUT2D eigenvalue weighted by atomic mass is 10.3. The molecule has 0 aliphatic carbocycles. The molecule has 0 N–H and O–H groups in total. The van der Waals surface area contributed by atoms with Gasteiger partial charge in [0.25, 0.3) is 0 Å². The molecule has 0 unspecified atom stereocenters. The van der Waals surface area contributed by atoms with Crippen molar-refractivity contribution in [1.29, 1.82) is 0 Å². The topological polar surface area (TPSA) is 52.3 Å². The van der Waals surface area contributed by atoms with Crippen molar-refractivity contribution in [1.82, 2.24) is 5.16 Å². The second kappa shape index (κ2) is 5.38. The molecule has 0 saturated carbocycles. The van der Waals surface area contributed by atoms with Gasteiger partial charge in [-0.05, 0) is 22.9 Å². The summed E-state index contributed by atoms with van der Waals surface area (Å²) in [5.74, 6) is 0.346. The van der Waals surface area contributed by atoms with Crippen LogP contribution >= 0.6 is 22.7 Å². The molecule has 3 aromatic rings. The maximum Gasteiger partial charge on any atom is 0.339 e. The molecule has 0 atom stereocenters. The summed E-state index contributed by atoms with van der Waals surface area (Å²) in [6.07, 6.45) is 0. The normalized spacial score (nSPS) is 10.5. The van der Waals surface area contributed by atoms with E-state index >= 15 is 0 Å². The zero-order valence-corrected chi connectivity index (χ0v) is 11.4. The van der Waals surface area contributed by atoms with E-state index in [-0.39, 0.29) is 12.6 Å². The highest BCUT2D eigenvalue weighted by atomic mass is 32.1. The molecule has 96 valence electrons. The molecule has 0 radical (unpaired) electrons. The van der Waals surface area contributed by atoms with Crippen LogP contribution in [0.5, 0.6) is 0 Å². The maximum absolute atomic E-state index is 11.6. The van der Waals surface area contributed by atoms with Crippen LogP contribution in [-0.4, -0.2) is 11.1 Å². The minimum atomic E-state index is -0.345. The lowest BCUT2D eigenvalue weighted by molar-refractivity contribution is 0.0465. The van der Waals surface area contributed by atoms with Crippen LogP contribution in [0.25, 0.3) is 10.6 Å². The van der Waals surface area contributed by atoms with Crippen molar-refractivity contribution in [3.63, 3.8) is 0 Å². The van der Waals surface area contributed by atoms with Crippen LogP contribution in [0.1, 0.15) is 16.1 Å². The van der Waals surface area contributed by atoms with E-state index in [1.807, 2.05) is 22.9 Å². The highest BCUT2D eigenvalue weighted by molar-refractivity contribution is 7.13. The molecule has 4 nitrogen and oxygen atoms in total. The van der Waals surface area contributed by atoms with Gasteiger partial charge in [-0.25, -0.2) is 4.79 Å². The summed E-state index contributed by atoms with van der Waals surface area (Å²) in [6, 6.07) is 7.41. The highest BCUT2D eigenvalue weighted by Crippen LogP contribution is 2.25. The largest absolute Gasteiger partial charge is 0.455 e. The number of nitrogens with zero attached hydrogens (tertiary/aromatic N) is 1. The molecule has 6 heteroatoms. The second-order valence-electron chi connectivity index (χ2n) is 3.75. The van der Waals surface area contributed by atoms with Crippen molar-refractivity contribution in [3.8, 4) is 10.6 Å². The van der Waals surface area contributed by atoms with E-state index in [2.05, 4.69) is 5.16 Å². The van der Waals surface area contributed by atoms with Crippen molar-refractivity contribution in [3.05, 3.63) is 51.7 Å². The van der Waals surface area contributed by atoms with Gasteiger partial charge < -0.3 is 9.26 Å². The molecule has 3 rings (SSSR count). The fraction of sp³-hybridized carbons (Fsp3) is 0.0769. The van der Waals surface area contributed by atoms with Gasteiger partial charge in [0.05, 0.1) is 10.4 Å². The Balaban J connectivity index is 1.63. The van der Waals surface area contributed by atoms with Crippen LogP contribution < -0.4 is 0 Å². The monoisotopic (exact) mass is 291 g/mol. The summed E-state index contributed by atoms with van der Waals surface area (Å²) >= 11 is 3.03. The third-order valence-corrected chi connectivity index (χ3v) is 4.00. The van der Waals surface area contributed by atoms with Gasteiger partial charge in [-0.15, -0.1) is 11.3 Å². The van der Waals surface area contributed by atoms with Crippen LogP contribution in [0.4, 0.5) is 0 Å². The third-order valence-electron chi connectivity index (χ3n) is 2.43. The number of thiophene rings is 2. The van der Waals surface area contributed by atoms with Gasteiger partial charge >= 0.3 is 5.97 Å². The standard InChI is InChI=1S/C13H9NO3S2/c15-13(9-3-5-18-8-9)16-7-10-6-11(17-14-10)12-2-1-4-19-12/h1-6,8H,7H2. The number of carbonyl (C=O) groups is 1. The van der Waals surface area contributed by atoms with E-state index in [0.29, 0.717) is 17.0 Å². The number of hydrogen-bond donors (Lipinski definition) is 0. The zero-order valence-electron chi connectivity index (χ0n) is 9.74. The van der Waals surface area contributed by atoms with Crippen LogP contribution in [0.3, 0.4) is 0 Å². The SMILES string of the molecule is O=C(OCc1cc(-c2cccs2)on1)c1ccsc1. The Bertz CT molecular complexity index is 656. The first-order chi connectivity index (χ1) is 9.33. The number of ether oxygens (including phenoxy) is 1. The van der Waals surface area contributed by atoms with Crippen molar-refractivity contribution < 1.29 is 14.1 Å². The first-order valence-corrected chi connectivity index (χ1v) is 7.34. The van der Waals surface area contributed by atoms with Gasteiger partial charge in [0.15, 0.2) is 5.76 Å². The van der Waals surface area contributed by atoms with Gasteiger partial charge in [-0.2, -0.15) is 11.3 Å². The zero-order chi connectivity index (χ0) is 13.1. The molecule has 19 heavy (non-hydrogen) atoms. The van der Waals surface area contributed by atoms with Gasteiger partial charge in [-0.3, -0.25) is 0 Å². The fourth-order valence-electron chi connectivity index (χ4n) is 1.52. The Labute approximate surface area is 117 Å². The van der Waals surface area contributed by atoms with E-state index in [4.69, 9.17) is 9.26 Å². The molecule has 0 fully saturated rings. The molecular weight excluding hydrogens is 282 g/mol. The minimum Gasteiger partial charge on any atom is -0.455 e. The smallest absolute Gasteiger partial charge is 0.339 e. The lowest BCUT2D eigenvalue weighted by Gasteiger charge is -1.99. The predicted octanol–water partition coefficient (Wildman–Crippen LogP) is 3.82. The number of aromatic nitrogens is 1. The van der Waals surface area contributed by atoms with E-state index in [9.17, 15) is 4.79 Å². The molecule has 0 amide bonds. The van der Waals surface area contributed by atoms with Gasteiger partial charge in [-0.1, -0.05) is 11.2 Å². The minimum absolute atomic E-state index is 0.115. The summed E-state index contributed by atoms with van der Waals surface area (Å²) in [6.45, 7) is 0.115. The quantitative estimate of drug-likeness (QED) is 0.686. The summed E-state index contributed by atoms with van der Waals surface area (Å²) in [4.78, 5) is 12.6. The molecule has 0 bridgehead atoms. The molecule has 0 aliphatic heterocycles. The molecule has 0 spiro atoms. The van der Waals surface area contributed by atoms with Gasteiger partial charge in [0, 0.05) is 11.4 Å². The molecule has 3 heterocycles. The Morgan fingerprint density at radius 2 is 2.32 bits per heavy atom. The average Bonchev–Trinajstić information content (AvgIpc) is 3.14. The molecule has 3 aromatic heterocycles. The maximum atomic E-state index is 11.6. The van der Waals surface area contributed by atoms with E-state index in [1.54, 1.807) is 28.8 Å². The van der Waals surface area contributed by atoms with Gasteiger partial charge in [0.1, 0.15) is 12.3 Å². The van der Waals surface area contributed by atoms with Crippen molar-refractivity contribution in [2.75, 3.05) is 0 Å². The highest BCUT2D eigenvalue weighted by Gasteiger charge is 2.11. The van der Waals surface area contributed by atoms with Gasteiger partial charge in [0.2, 0.25) is 0 Å². The van der Waals surface area contributed by atoms with Crippen molar-refractivity contribution in [2.45, 2.75) is 6.61 Å². The lowest BCUT2D eigenvalue weighted by Crippen LogP contribution is -2.03. The summed E-state index contributed by atoms with van der Waals surface area (Å²) < 4.78 is 10.4. The predicted molar refractivity (Wildman–Crippen MR) is 73.3 cm³/mol. The number of hydrogen-bond acceptors (Lipinski definition) is 6. The number of esters is 1. The van der Waals surface area contributed by atoms with Crippen LogP contribution in [0.2, 0.25) is 0 Å². The molecule has 0 aliphatic rings. The van der Waals surface area contributed by atoms with E-state index < -0.39 is 0 Å². The Hall–Kier alpha value is -1.92. The average molecular weight is 291 g/mol. The van der Waals surface area contributed by atoms with Crippen LogP contribution in [0.15, 0.2) is 44.9 Å². The number of rotatable bonds is 4. The van der Waals surface area contributed by atoms with Crippen LogP contribution in [0, 0.1) is 0 Å². The first kappa shape index (κ1) is 12.1. The third kappa shape index (κ3) is 2.74. The summed E-state index contributed by atoms with van der Waals surface area (Å²) in [5, 5.41) is 9.44. The second-order valence-corrected chi connectivity index (χ2v) is 5.48. The molecular formula is C13H9NO3S2. The van der Waals surface area contributed by atoms with E-state index in [0.717, 1.165) is 4.88 Å². The van der Waals surface area contributed by atoms with Crippen molar-refractivity contribution in [2.24, 2.45) is 0 Å². The van der Waals surface area contributed by atoms with E-state index in [1.165, 1.54) is 11.3 Å². The fourth-order valence-corrected chi connectivity index (χ4v) is 2.82. The molecule has 0 saturated heterocycles. The first-order valence-electron chi connectivity index (χ1n) is 5.52.